The average molecular weight is 257 g/mol. The van der Waals surface area contributed by atoms with Crippen LogP contribution in [0, 0.1) is 0 Å². The van der Waals surface area contributed by atoms with Crippen molar-refractivity contribution in [1.29, 1.82) is 0 Å². The van der Waals surface area contributed by atoms with Crippen LogP contribution in [0.2, 0.25) is 0 Å². The van der Waals surface area contributed by atoms with E-state index >= 15 is 0 Å². The van der Waals surface area contributed by atoms with Crippen molar-refractivity contribution in [2.75, 3.05) is 5.73 Å². The van der Waals surface area contributed by atoms with Gasteiger partial charge in [0.2, 0.25) is 0 Å². The molecule has 0 saturated carbocycles. The van der Waals surface area contributed by atoms with E-state index in [9.17, 15) is 20.1 Å². The van der Waals surface area contributed by atoms with Gasteiger partial charge in [-0.25, -0.2) is 4.79 Å². The van der Waals surface area contributed by atoms with Gasteiger partial charge in [0.1, 0.15) is 24.1 Å². The third-order valence-electron chi connectivity index (χ3n) is 2.88. The van der Waals surface area contributed by atoms with Gasteiger partial charge in [0.25, 0.3) is 0 Å². The van der Waals surface area contributed by atoms with Gasteiger partial charge in [0.15, 0.2) is 6.23 Å². The Morgan fingerprint density at radius 3 is 2.67 bits per heavy atom. The Kier molecular flexibility index (Phi) is 3.35. The molecule has 8 heteroatoms. The number of hydrogen-bond donors (Lipinski definition) is 4. The summed E-state index contributed by atoms with van der Waals surface area (Å²) in [5.74, 6) is 0.0522. The number of nitrogens with zero attached hydrogens (tertiary/aromatic N) is 2. The van der Waals surface area contributed by atoms with Crippen LogP contribution in [-0.2, 0) is 4.74 Å². The van der Waals surface area contributed by atoms with Crippen LogP contribution in [0.25, 0.3) is 0 Å². The molecule has 1 aliphatic heterocycles. The fourth-order valence-corrected chi connectivity index (χ4v) is 1.93. The highest BCUT2D eigenvalue weighted by Crippen LogP contribution is 2.29. The smallest absolute Gasteiger partial charge is 0.351 e. The summed E-state index contributed by atoms with van der Waals surface area (Å²) < 4.78 is 6.31. The third-order valence-corrected chi connectivity index (χ3v) is 2.88. The number of hydrogen-bond acceptors (Lipinski definition) is 7. The zero-order valence-corrected chi connectivity index (χ0v) is 9.67. The van der Waals surface area contributed by atoms with Gasteiger partial charge in [-0.15, -0.1) is 0 Å². The van der Waals surface area contributed by atoms with Gasteiger partial charge in [-0.2, -0.15) is 4.98 Å². The normalized spacial score (nSPS) is 33.6. The molecule has 1 aromatic rings. The first kappa shape index (κ1) is 13.0. The summed E-state index contributed by atoms with van der Waals surface area (Å²) in [5, 5.41) is 28.9. The minimum atomic E-state index is -1.33. The molecule has 2 heterocycles. The summed E-state index contributed by atoms with van der Waals surface area (Å²) in [7, 11) is 0. The SMILES string of the molecule is CC(O)[C@H]1OC(n2ccc(N)nc2=O)[C@@H](O)[C@@H]1O. The predicted octanol–water partition coefficient (Wildman–Crippen LogP) is -2.17. The summed E-state index contributed by atoms with van der Waals surface area (Å²) in [6.07, 6.45) is -4.32. The van der Waals surface area contributed by atoms with Crippen LogP contribution in [0.3, 0.4) is 0 Å². The number of aliphatic hydroxyl groups is 3. The van der Waals surface area contributed by atoms with Gasteiger partial charge >= 0.3 is 5.69 Å². The maximum absolute atomic E-state index is 11.6. The Balaban J connectivity index is 2.32. The van der Waals surface area contributed by atoms with Gasteiger partial charge in [-0.05, 0) is 13.0 Å². The summed E-state index contributed by atoms with van der Waals surface area (Å²) in [6, 6.07) is 1.37. The van der Waals surface area contributed by atoms with Gasteiger partial charge < -0.3 is 25.8 Å². The highest BCUT2D eigenvalue weighted by Gasteiger charge is 2.46. The standard InChI is InChI=1S/C10H15N3O5/c1-4(14)8-6(15)7(16)9(18-8)13-3-2-5(11)12-10(13)17/h2-4,6-9,14-16H,1H3,(H2,11,12,17)/t4?,6-,7-,8+,9?/m0/s1. The molecule has 1 aromatic heterocycles. The Bertz CT molecular complexity index is 489. The molecule has 1 fully saturated rings. The molecule has 0 amide bonds. The van der Waals surface area contributed by atoms with Crippen molar-refractivity contribution in [3.8, 4) is 0 Å². The summed E-state index contributed by atoms with van der Waals surface area (Å²) >= 11 is 0. The molecule has 0 radical (unpaired) electrons. The average Bonchev–Trinajstić information content (AvgIpc) is 2.57. The quantitative estimate of drug-likeness (QED) is 0.474. The van der Waals surface area contributed by atoms with E-state index in [2.05, 4.69) is 4.98 Å². The molecule has 8 nitrogen and oxygen atoms in total. The lowest BCUT2D eigenvalue weighted by Crippen LogP contribution is -2.38. The Morgan fingerprint density at radius 1 is 1.50 bits per heavy atom. The van der Waals surface area contributed by atoms with E-state index in [0.717, 1.165) is 4.57 Å². The molecule has 0 spiro atoms. The molecule has 5 atom stereocenters. The fraction of sp³-hybridized carbons (Fsp3) is 0.600. The first-order chi connectivity index (χ1) is 8.41. The second-order valence-electron chi connectivity index (χ2n) is 4.26. The molecule has 18 heavy (non-hydrogen) atoms. The van der Waals surface area contributed by atoms with Gasteiger partial charge in [-0.1, -0.05) is 0 Å². The lowest BCUT2D eigenvalue weighted by Gasteiger charge is -2.17. The molecule has 2 rings (SSSR count). The topological polar surface area (TPSA) is 131 Å². The van der Waals surface area contributed by atoms with Crippen LogP contribution in [0.5, 0.6) is 0 Å². The second-order valence-corrected chi connectivity index (χ2v) is 4.26. The molecule has 1 saturated heterocycles. The number of anilines is 1. The van der Waals surface area contributed by atoms with E-state index in [1.54, 1.807) is 0 Å². The van der Waals surface area contributed by atoms with Crippen LogP contribution in [0.4, 0.5) is 5.82 Å². The number of nitrogen functional groups attached to an aromatic ring is 1. The molecular formula is C10H15N3O5. The predicted molar refractivity (Wildman–Crippen MR) is 60.5 cm³/mol. The fourth-order valence-electron chi connectivity index (χ4n) is 1.93. The Hall–Kier alpha value is -1.48. The molecule has 0 aliphatic carbocycles. The van der Waals surface area contributed by atoms with Gasteiger partial charge in [0, 0.05) is 6.20 Å². The minimum Gasteiger partial charge on any atom is -0.391 e. The molecule has 0 aromatic carbocycles. The highest BCUT2D eigenvalue weighted by molar-refractivity contribution is 5.23. The summed E-state index contributed by atoms with van der Waals surface area (Å²) in [5.41, 5.74) is 4.65. The third kappa shape index (κ3) is 2.10. The van der Waals surface area contributed by atoms with E-state index in [-0.39, 0.29) is 5.82 Å². The van der Waals surface area contributed by atoms with E-state index in [1.165, 1.54) is 19.2 Å². The van der Waals surface area contributed by atoms with E-state index in [4.69, 9.17) is 10.5 Å². The molecule has 1 aliphatic rings. The molecular weight excluding hydrogens is 242 g/mol. The van der Waals surface area contributed by atoms with Gasteiger partial charge in [-0.3, -0.25) is 4.57 Å². The van der Waals surface area contributed by atoms with Crippen molar-refractivity contribution in [2.45, 2.75) is 37.6 Å². The highest BCUT2D eigenvalue weighted by atomic mass is 16.6. The maximum atomic E-state index is 11.6. The van der Waals surface area contributed by atoms with Crippen LogP contribution in [0.1, 0.15) is 13.2 Å². The minimum absolute atomic E-state index is 0.0522. The van der Waals surface area contributed by atoms with Crippen molar-refractivity contribution in [3.05, 3.63) is 22.7 Å². The van der Waals surface area contributed by atoms with Crippen molar-refractivity contribution in [1.82, 2.24) is 9.55 Å². The first-order valence-electron chi connectivity index (χ1n) is 5.46. The number of nitrogens with two attached hydrogens (primary N) is 1. The van der Waals surface area contributed by atoms with Crippen LogP contribution in [-0.4, -0.2) is 49.3 Å². The number of aromatic nitrogens is 2. The van der Waals surface area contributed by atoms with Gasteiger partial charge in [0.05, 0.1) is 6.10 Å². The lowest BCUT2D eigenvalue weighted by atomic mass is 10.1. The van der Waals surface area contributed by atoms with Crippen molar-refractivity contribution in [3.63, 3.8) is 0 Å². The summed E-state index contributed by atoms with van der Waals surface area (Å²) in [4.78, 5) is 15.1. The number of rotatable bonds is 2. The van der Waals surface area contributed by atoms with E-state index in [0.29, 0.717) is 0 Å². The monoisotopic (exact) mass is 257 g/mol. The molecule has 5 N–H and O–H groups in total. The van der Waals surface area contributed by atoms with Crippen LogP contribution in [0.15, 0.2) is 17.1 Å². The number of aliphatic hydroxyl groups excluding tert-OH is 3. The van der Waals surface area contributed by atoms with Crippen LogP contribution < -0.4 is 11.4 Å². The van der Waals surface area contributed by atoms with E-state index < -0.39 is 36.3 Å². The maximum Gasteiger partial charge on any atom is 0.351 e. The first-order valence-corrected chi connectivity index (χ1v) is 5.46. The van der Waals surface area contributed by atoms with E-state index in [1.807, 2.05) is 0 Å². The Morgan fingerprint density at radius 2 is 2.17 bits per heavy atom. The van der Waals surface area contributed by atoms with Crippen molar-refractivity contribution in [2.24, 2.45) is 0 Å². The molecule has 0 bridgehead atoms. The second kappa shape index (κ2) is 4.65. The zero-order chi connectivity index (χ0) is 13.4. The van der Waals surface area contributed by atoms with Crippen molar-refractivity contribution >= 4 is 5.82 Å². The largest absolute Gasteiger partial charge is 0.391 e. The molecule has 2 unspecified atom stereocenters. The lowest BCUT2D eigenvalue weighted by molar-refractivity contribution is -0.0803. The summed E-state index contributed by atoms with van der Waals surface area (Å²) in [6.45, 7) is 1.42. The van der Waals surface area contributed by atoms with Crippen molar-refractivity contribution < 1.29 is 20.1 Å². The number of ether oxygens (including phenoxy) is 1. The van der Waals surface area contributed by atoms with Crippen LogP contribution >= 0.6 is 0 Å². The Labute approximate surface area is 102 Å². The zero-order valence-electron chi connectivity index (χ0n) is 9.67. The molecule has 100 valence electrons.